The minimum Gasteiger partial charge on any atom is -0.496 e. The molecular formula is C17H13NO2. The Labute approximate surface area is 116 Å². The van der Waals surface area contributed by atoms with E-state index in [1.807, 2.05) is 48.7 Å². The van der Waals surface area contributed by atoms with Gasteiger partial charge < -0.3 is 4.74 Å². The van der Waals surface area contributed by atoms with Crippen molar-refractivity contribution in [3.63, 3.8) is 0 Å². The Bertz CT molecular complexity index is 776. The van der Waals surface area contributed by atoms with Crippen molar-refractivity contribution in [1.82, 2.24) is 4.98 Å². The SMILES string of the molecule is COc1ccc(-c2cccc3ccncc23)cc1C=O. The molecule has 0 fully saturated rings. The standard InChI is InChI=1S/C17H13NO2/c1-20-17-6-5-13(9-14(17)11-19)15-4-2-3-12-7-8-18-10-16(12)15/h2-11H,1H3. The van der Waals surface area contributed by atoms with Crippen LogP contribution in [0, 0.1) is 0 Å². The maximum Gasteiger partial charge on any atom is 0.153 e. The third-order valence-corrected chi connectivity index (χ3v) is 3.35. The quantitative estimate of drug-likeness (QED) is 0.676. The van der Waals surface area contributed by atoms with Crippen molar-refractivity contribution in [3.8, 4) is 16.9 Å². The molecule has 1 aromatic heterocycles. The predicted octanol–water partition coefficient (Wildman–Crippen LogP) is 3.72. The smallest absolute Gasteiger partial charge is 0.153 e. The van der Waals surface area contributed by atoms with E-state index in [9.17, 15) is 4.79 Å². The first-order valence-corrected chi connectivity index (χ1v) is 6.30. The summed E-state index contributed by atoms with van der Waals surface area (Å²) in [6.45, 7) is 0. The lowest BCUT2D eigenvalue weighted by molar-refractivity contribution is 0.112. The second-order valence-electron chi connectivity index (χ2n) is 4.48. The first kappa shape index (κ1) is 12.4. The van der Waals surface area contributed by atoms with Crippen LogP contribution in [0.3, 0.4) is 0 Å². The monoisotopic (exact) mass is 263 g/mol. The topological polar surface area (TPSA) is 39.2 Å². The van der Waals surface area contributed by atoms with Gasteiger partial charge in [-0.15, -0.1) is 0 Å². The first-order valence-electron chi connectivity index (χ1n) is 6.30. The molecule has 20 heavy (non-hydrogen) atoms. The zero-order chi connectivity index (χ0) is 13.9. The maximum absolute atomic E-state index is 11.1. The molecule has 0 unspecified atom stereocenters. The summed E-state index contributed by atoms with van der Waals surface area (Å²) in [6, 6.07) is 13.7. The van der Waals surface area contributed by atoms with Crippen LogP contribution in [-0.2, 0) is 0 Å². The number of nitrogens with zero attached hydrogens (tertiary/aromatic N) is 1. The number of carbonyl (C=O) groups is 1. The molecule has 0 aliphatic rings. The number of aldehydes is 1. The molecule has 0 atom stereocenters. The highest BCUT2D eigenvalue weighted by Gasteiger charge is 2.07. The van der Waals surface area contributed by atoms with E-state index in [0.29, 0.717) is 11.3 Å². The molecule has 3 heteroatoms. The van der Waals surface area contributed by atoms with Crippen LogP contribution in [0.2, 0.25) is 0 Å². The molecule has 0 aliphatic carbocycles. The van der Waals surface area contributed by atoms with Crippen LogP contribution in [-0.4, -0.2) is 18.4 Å². The number of hydrogen-bond acceptors (Lipinski definition) is 3. The Morgan fingerprint density at radius 2 is 2.05 bits per heavy atom. The zero-order valence-corrected chi connectivity index (χ0v) is 11.0. The van der Waals surface area contributed by atoms with E-state index < -0.39 is 0 Å². The van der Waals surface area contributed by atoms with Crippen LogP contribution in [0.15, 0.2) is 54.9 Å². The third-order valence-electron chi connectivity index (χ3n) is 3.35. The Morgan fingerprint density at radius 1 is 1.15 bits per heavy atom. The number of rotatable bonds is 3. The summed E-state index contributed by atoms with van der Waals surface area (Å²) in [6.07, 6.45) is 4.43. The largest absolute Gasteiger partial charge is 0.496 e. The minimum atomic E-state index is 0.547. The summed E-state index contributed by atoms with van der Waals surface area (Å²) in [5.74, 6) is 0.585. The fraction of sp³-hybridized carbons (Fsp3) is 0.0588. The molecule has 0 aliphatic heterocycles. The number of methoxy groups -OCH3 is 1. The van der Waals surface area contributed by atoms with Crippen molar-refractivity contribution in [2.45, 2.75) is 0 Å². The summed E-state index contributed by atoms with van der Waals surface area (Å²) in [7, 11) is 1.56. The molecule has 2 aromatic carbocycles. The van der Waals surface area contributed by atoms with Gasteiger partial charge >= 0.3 is 0 Å². The first-order chi connectivity index (χ1) is 9.83. The molecule has 3 nitrogen and oxygen atoms in total. The van der Waals surface area contributed by atoms with Gasteiger partial charge in [-0.05, 0) is 34.7 Å². The molecule has 0 N–H and O–H groups in total. The van der Waals surface area contributed by atoms with Crippen LogP contribution in [0.25, 0.3) is 21.9 Å². The van der Waals surface area contributed by atoms with Crippen LogP contribution in [0.1, 0.15) is 10.4 Å². The van der Waals surface area contributed by atoms with Crippen molar-refractivity contribution in [1.29, 1.82) is 0 Å². The van der Waals surface area contributed by atoms with Crippen LogP contribution < -0.4 is 4.74 Å². The number of fused-ring (bicyclic) bond motifs is 1. The van der Waals surface area contributed by atoms with Crippen LogP contribution in [0.4, 0.5) is 0 Å². The zero-order valence-electron chi connectivity index (χ0n) is 11.0. The Hall–Kier alpha value is -2.68. The second kappa shape index (κ2) is 5.13. The minimum absolute atomic E-state index is 0.547. The molecule has 98 valence electrons. The van der Waals surface area contributed by atoms with E-state index >= 15 is 0 Å². The van der Waals surface area contributed by atoms with E-state index in [1.165, 1.54) is 0 Å². The summed E-state index contributed by atoms with van der Waals surface area (Å²) < 4.78 is 5.17. The van der Waals surface area contributed by atoms with Crippen molar-refractivity contribution in [2.24, 2.45) is 0 Å². The average Bonchev–Trinajstić information content (AvgIpc) is 2.53. The molecule has 3 rings (SSSR count). The molecule has 0 radical (unpaired) electrons. The number of benzene rings is 2. The number of aromatic nitrogens is 1. The predicted molar refractivity (Wildman–Crippen MR) is 79.1 cm³/mol. The molecule has 3 aromatic rings. The number of pyridine rings is 1. The van der Waals surface area contributed by atoms with E-state index in [4.69, 9.17) is 4.74 Å². The van der Waals surface area contributed by atoms with Gasteiger partial charge in [0.05, 0.1) is 12.7 Å². The third kappa shape index (κ3) is 2.03. The Morgan fingerprint density at radius 3 is 2.85 bits per heavy atom. The van der Waals surface area contributed by atoms with Gasteiger partial charge in [0.2, 0.25) is 0 Å². The van der Waals surface area contributed by atoms with Crippen LogP contribution in [0.5, 0.6) is 5.75 Å². The molecule has 1 heterocycles. The molecule has 0 amide bonds. The van der Waals surface area contributed by atoms with Crippen LogP contribution >= 0.6 is 0 Å². The van der Waals surface area contributed by atoms with Crippen molar-refractivity contribution < 1.29 is 9.53 Å². The van der Waals surface area contributed by atoms with Gasteiger partial charge in [0.1, 0.15) is 5.75 Å². The van der Waals surface area contributed by atoms with E-state index in [2.05, 4.69) is 4.98 Å². The highest BCUT2D eigenvalue weighted by Crippen LogP contribution is 2.30. The number of hydrogen-bond donors (Lipinski definition) is 0. The summed E-state index contributed by atoms with van der Waals surface area (Å²) in [5.41, 5.74) is 2.58. The summed E-state index contributed by atoms with van der Waals surface area (Å²) >= 11 is 0. The summed E-state index contributed by atoms with van der Waals surface area (Å²) in [5, 5.41) is 2.19. The van der Waals surface area contributed by atoms with Gasteiger partial charge in [0, 0.05) is 17.8 Å². The molecule has 0 saturated heterocycles. The molecule has 0 saturated carbocycles. The molecule has 0 bridgehead atoms. The lowest BCUT2D eigenvalue weighted by Crippen LogP contribution is -1.91. The lowest BCUT2D eigenvalue weighted by Gasteiger charge is -2.09. The number of carbonyl (C=O) groups excluding carboxylic acids is 1. The average molecular weight is 263 g/mol. The van der Waals surface area contributed by atoms with E-state index in [1.54, 1.807) is 13.3 Å². The Kier molecular flexibility index (Phi) is 3.17. The van der Waals surface area contributed by atoms with E-state index in [0.717, 1.165) is 28.2 Å². The molecular weight excluding hydrogens is 250 g/mol. The Balaban J connectivity index is 2.23. The van der Waals surface area contributed by atoms with Gasteiger partial charge in [0.15, 0.2) is 6.29 Å². The molecule has 0 spiro atoms. The van der Waals surface area contributed by atoms with Gasteiger partial charge in [0.25, 0.3) is 0 Å². The van der Waals surface area contributed by atoms with Crippen molar-refractivity contribution >= 4 is 17.1 Å². The normalized spacial score (nSPS) is 10.4. The van der Waals surface area contributed by atoms with Gasteiger partial charge in [-0.3, -0.25) is 9.78 Å². The summed E-state index contributed by atoms with van der Waals surface area (Å²) in [4.78, 5) is 15.3. The fourth-order valence-electron chi connectivity index (χ4n) is 2.36. The highest BCUT2D eigenvalue weighted by atomic mass is 16.5. The van der Waals surface area contributed by atoms with Gasteiger partial charge in [-0.1, -0.05) is 24.3 Å². The number of ether oxygens (including phenoxy) is 1. The van der Waals surface area contributed by atoms with Crippen molar-refractivity contribution in [2.75, 3.05) is 7.11 Å². The van der Waals surface area contributed by atoms with E-state index in [-0.39, 0.29) is 0 Å². The second-order valence-corrected chi connectivity index (χ2v) is 4.48. The van der Waals surface area contributed by atoms with Gasteiger partial charge in [-0.25, -0.2) is 0 Å². The lowest BCUT2D eigenvalue weighted by atomic mass is 9.98. The highest BCUT2D eigenvalue weighted by molar-refractivity contribution is 5.97. The van der Waals surface area contributed by atoms with Gasteiger partial charge in [-0.2, -0.15) is 0 Å². The van der Waals surface area contributed by atoms with Crippen molar-refractivity contribution in [3.05, 3.63) is 60.4 Å². The maximum atomic E-state index is 11.1. The fourth-order valence-corrected chi connectivity index (χ4v) is 2.36.